The third-order valence-corrected chi connectivity index (χ3v) is 4.30. The van der Waals surface area contributed by atoms with Crippen LogP contribution in [-0.2, 0) is 0 Å². The summed E-state index contributed by atoms with van der Waals surface area (Å²) in [6.07, 6.45) is 9.02. The maximum absolute atomic E-state index is 4.59. The molecule has 0 radical (unpaired) electrons. The fourth-order valence-corrected chi connectivity index (χ4v) is 2.74. The molecule has 0 saturated carbocycles. The SMILES string of the molecule is CCC(C)c1cnc2c(C)cc(-c3cncc(NC)c3)cn12. The molecule has 0 aliphatic heterocycles. The number of imidazole rings is 1. The van der Waals surface area contributed by atoms with Gasteiger partial charge >= 0.3 is 0 Å². The number of aromatic nitrogens is 3. The number of rotatable bonds is 4. The Balaban J connectivity index is 2.18. The minimum Gasteiger partial charge on any atom is -0.387 e. The highest BCUT2D eigenvalue weighted by atomic mass is 15.0. The van der Waals surface area contributed by atoms with Crippen molar-refractivity contribution in [2.75, 3.05) is 12.4 Å². The molecule has 22 heavy (non-hydrogen) atoms. The molecule has 0 amide bonds. The molecule has 0 aromatic carbocycles. The van der Waals surface area contributed by atoms with Gasteiger partial charge in [0.05, 0.1) is 5.69 Å². The molecule has 1 unspecified atom stereocenters. The molecule has 0 fully saturated rings. The van der Waals surface area contributed by atoms with Crippen molar-refractivity contribution < 1.29 is 0 Å². The average molecular weight is 294 g/mol. The molecule has 0 bridgehead atoms. The van der Waals surface area contributed by atoms with Crippen LogP contribution in [0.1, 0.15) is 37.4 Å². The molecule has 4 nitrogen and oxygen atoms in total. The highest BCUT2D eigenvalue weighted by molar-refractivity contribution is 5.69. The Morgan fingerprint density at radius 1 is 1.18 bits per heavy atom. The lowest BCUT2D eigenvalue weighted by atomic mass is 10.0. The highest BCUT2D eigenvalue weighted by Crippen LogP contribution is 2.27. The third kappa shape index (κ3) is 2.45. The molecule has 1 atom stereocenters. The minimum absolute atomic E-state index is 0.492. The van der Waals surface area contributed by atoms with Gasteiger partial charge in [0.2, 0.25) is 0 Å². The van der Waals surface area contributed by atoms with E-state index in [0.717, 1.165) is 28.9 Å². The van der Waals surface area contributed by atoms with Crippen molar-refractivity contribution in [3.8, 4) is 11.1 Å². The number of fused-ring (bicyclic) bond motifs is 1. The van der Waals surface area contributed by atoms with E-state index in [4.69, 9.17) is 0 Å². The van der Waals surface area contributed by atoms with Gasteiger partial charge in [-0.05, 0) is 37.0 Å². The number of nitrogens with zero attached hydrogens (tertiary/aromatic N) is 3. The van der Waals surface area contributed by atoms with Crippen molar-refractivity contribution in [2.45, 2.75) is 33.1 Å². The summed E-state index contributed by atoms with van der Waals surface area (Å²) in [5.41, 5.74) is 6.78. The monoisotopic (exact) mass is 294 g/mol. The van der Waals surface area contributed by atoms with Crippen LogP contribution >= 0.6 is 0 Å². The minimum atomic E-state index is 0.492. The second kappa shape index (κ2) is 5.79. The Kier molecular flexibility index (Phi) is 3.84. The molecule has 1 N–H and O–H groups in total. The molecule has 3 heterocycles. The fourth-order valence-electron chi connectivity index (χ4n) is 2.74. The van der Waals surface area contributed by atoms with Gasteiger partial charge in [-0.1, -0.05) is 13.8 Å². The van der Waals surface area contributed by atoms with Crippen LogP contribution in [0.15, 0.2) is 36.9 Å². The Hall–Kier alpha value is -2.36. The van der Waals surface area contributed by atoms with Crippen molar-refractivity contribution >= 4 is 11.3 Å². The van der Waals surface area contributed by atoms with Crippen molar-refractivity contribution in [1.82, 2.24) is 14.4 Å². The van der Waals surface area contributed by atoms with Crippen LogP contribution in [0.4, 0.5) is 5.69 Å². The van der Waals surface area contributed by atoms with Crippen LogP contribution < -0.4 is 5.32 Å². The largest absolute Gasteiger partial charge is 0.387 e. The van der Waals surface area contributed by atoms with Gasteiger partial charge in [-0.3, -0.25) is 4.98 Å². The van der Waals surface area contributed by atoms with Crippen LogP contribution in [0.2, 0.25) is 0 Å². The normalized spacial score (nSPS) is 12.5. The first kappa shape index (κ1) is 14.6. The number of pyridine rings is 2. The highest BCUT2D eigenvalue weighted by Gasteiger charge is 2.12. The van der Waals surface area contributed by atoms with E-state index in [1.807, 2.05) is 25.6 Å². The van der Waals surface area contributed by atoms with Gasteiger partial charge in [0, 0.05) is 48.7 Å². The summed E-state index contributed by atoms with van der Waals surface area (Å²) < 4.78 is 2.23. The molecule has 0 spiro atoms. The maximum atomic E-state index is 4.59. The lowest BCUT2D eigenvalue weighted by molar-refractivity contribution is 0.700. The molecular weight excluding hydrogens is 272 g/mol. The van der Waals surface area contributed by atoms with Crippen molar-refractivity contribution in [3.05, 3.63) is 48.2 Å². The Morgan fingerprint density at radius 2 is 2.00 bits per heavy atom. The van der Waals surface area contributed by atoms with Crippen LogP contribution in [0, 0.1) is 6.92 Å². The second-order valence-corrected chi connectivity index (χ2v) is 5.81. The predicted octanol–water partition coefficient (Wildman–Crippen LogP) is 4.26. The summed E-state index contributed by atoms with van der Waals surface area (Å²) in [6.45, 7) is 6.57. The van der Waals surface area contributed by atoms with Crippen molar-refractivity contribution in [3.63, 3.8) is 0 Å². The topological polar surface area (TPSA) is 42.2 Å². The summed E-state index contributed by atoms with van der Waals surface area (Å²) in [4.78, 5) is 8.91. The van der Waals surface area contributed by atoms with Crippen LogP contribution in [-0.4, -0.2) is 21.4 Å². The van der Waals surface area contributed by atoms with E-state index < -0.39 is 0 Å². The number of nitrogens with one attached hydrogen (secondary N) is 1. The smallest absolute Gasteiger partial charge is 0.139 e. The Morgan fingerprint density at radius 3 is 2.73 bits per heavy atom. The quantitative estimate of drug-likeness (QED) is 0.781. The molecule has 114 valence electrons. The summed E-state index contributed by atoms with van der Waals surface area (Å²) in [5.74, 6) is 0.492. The molecule has 3 aromatic heterocycles. The van der Waals surface area contributed by atoms with Crippen LogP contribution in [0.3, 0.4) is 0 Å². The average Bonchev–Trinajstić information content (AvgIpc) is 2.98. The fraction of sp³-hybridized carbons (Fsp3) is 0.333. The van der Waals surface area contributed by atoms with E-state index in [0.29, 0.717) is 5.92 Å². The van der Waals surface area contributed by atoms with E-state index >= 15 is 0 Å². The van der Waals surface area contributed by atoms with Crippen molar-refractivity contribution in [2.24, 2.45) is 0 Å². The van der Waals surface area contributed by atoms with Crippen molar-refractivity contribution in [1.29, 1.82) is 0 Å². The summed E-state index contributed by atoms with van der Waals surface area (Å²) in [7, 11) is 1.91. The lowest BCUT2D eigenvalue weighted by Crippen LogP contribution is -1.99. The number of hydrogen-bond acceptors (Lipinski definition) is 3. The molecule has 0 saturated heterocycles. The van der Waals surface area contributed by atoms with Gasteiger partial charge in [-0.15, -0.1) is 0 Å². The maximum Gasteiger partial charge on any atom is 0.139 e. The van der Waals surface area contributed by atoms with Gasteiger partial charge in [0.15, 0.2) is 0 Å². The van der Waals surface area contributed by atoms with Crippen LogP contribution in [0.25, 0.3) is 16.8 Å². The van der Waals surface area contributed by atoms with Gasteiger partial charge in [-0.2, -0.15) is 0 Å². The lowest BCUT2D eigenvalue weighted by Gasteiger charge is -2.11. The zero-order valence-electron chi connectivity index (χ0n) is 13.6. The van der Waals surface area contributed by atoms with E-state index in [1.54, 1.807) is 0 Å². The van der Waals surface area contributed by atoms with E-state index in [-0.39, 0.29) is 0 Å². The number of hydrogen-bond donors (Lipinski definition) is 1. The van der Waals surface area contributed by atoms with E-state index in [2.05, 4.69) is 58.8 Å². The molecule has 3 rings (SSSR count). The molecule has 0 aliphatic carbocycles. The van der Waals surface area contributed by atoms with E-state index in [9.17, 15) is 0 Å². The number of anilines is 1. The summed E-state index contributed by atoms with van der Waals surface area (Å²) in [6, 6.07) is 4.30. The Labute approximate surface area is 131 Å². The molecule has 0 aliphatic rings. The first-order valence-electron chi connectivity index (χ1n) is 7.74. The molecular formula is C18H22N4. The first-order valence-corrected chi connectivity index (χ1v) is 7.74. The molecule has 3 aromatic rings. The van der Waals surface area contributed by atoms with Gasteiger partial charge in [-0.25, -0.2) is 4.98 Å². The zero-order chi connectivity index (χ0) is 15.7. The van der Waals surface area contributed by atoms with Crippen LogP contribution in [0.5, 0.6) is 0 Å². The third-order valence-electron chi connectivity index (χ3n) is 4.30. The molecule has 4 heteroatoms. The standard InChI is InChI=1S/C18H22N4/c1-5-12(2)17-10-21-18-13(3)6-15(11-22(17)18)14-7-16(19-4)9-20-8-14/h6-12,19H,5H2,1-4H3. The first-order chi connectivity index (χ1) is 10.6. The predicted molar refractivity (Wildman–Crippen MR) is 91.4 cm³/mol. The van der Waals surface area contributed by atoms with Gasteiger partial charge in [0.25, 0.3) is 0 Å². The summed E-state index contributed by atoms with van der Waals surface area (Å²) in [5, 5.41) is 3.14. The second-order valence-electron chi connectivity index (χ2n) is 5.81. The summed E-state index contributed by atoms with van der Waals surface area (Å²) >= 11 is 0. The number of aryl methyl sites for hydroxylation is 1. The van der Waals surface area contributed by atoms with E-state index in [1.165, 1.54) is 11.3 Å². The Bertz CT molecular complexity index is 804. The van der Waals surface area contributed by atoms with Gasteiger partial charge in [0.1, 0.15) is 5.65 Å². The zero-order valence-corrected chi connectivity index (χ0v) is 13.6. The van der Waals surface area contributed by atoms with Gasteiger partial charge < -0.3 is 9.72 Å².